The van der Waals surface area contributed by atoms with Gasteiger partial charge in [-0.2, -0.15) is 4.31 Å². The number of allylic oxidation sites excluding steroid dienone is 1. The van der Waals surface area contributed by atoms with Gasteiger partial charge in [-0.15, -0.1) is 0 Å². The van der Waals surface area contributed by atoms with Gasteiger partial charge >= 0.3 is 0 Å². The molecule has 8 nitrogen and oxygen atoms in total. The van der Waals surface area contributed by atoms with Gasteiger partial charge in [0.1, 0.15) is 5.75 Å². The Morgan fingerprint density at radius 3 is 2.25 bits per heavy atom. The van der Waals surface area contributed by atoms with Crippen LogP contribution in [0.4, 0.5) is 5.69 Å². The number of amides is 1. The average Bonchev–Trinajstić information content (AvgIpc) is 2.78. The Morgan fingerprint density at radius 2 is 1.66 bits per heavy atom. The van der Waals surface area contributed by atoms with Crippen LogP contribution < -0.4 is 19.5 Å². The van der Waals surface area contributed by atoms with Gasteiger partial charge < -0.3 is 19.5 Å². The van der Waals surface area contributed by atoms with Gasteiger partial charge in [-0.25, -0.2) is 8.42 Å². The minimum absolute atomic E-state index is 0.0689. The molecule has 0 aromatic heterocycles. The summed E-state index contributed by atoms with van der Waals surface area (Å²) in [7, 11) is -0.721. The van der Waals surface area contributed by atoms with Crippen LogP contribution in [-0.2, 0) is 14.8 Å². The molecular formula is C23H30N2O6S. The molecule has 2 rings (SSSR count). The standard InChI is InChI=1S/C23H30N2O6S/c1-6-9-17-10-12-21(22(14-17)30-5)31-16-23(26)24-19-15-18(11-13-20(19)29-4)32(27,28)25(7-2)8-3/h6,9-15H,7-8,16H2,1-5H3,(H,24,26)/b9-6+. The lowest BCUT2D eigenvalue weighted by Crippen LogP contribution is -2.30. The van der Waals surface area contributed by atoms with Crippen molar-refractivity contribution in [3.63, 3.8) is 0 Å². The fourth-order valence-electron chi connectivity index (χ4n) is 3.09. The van der Waals surface area contributed by atoms with Crippen LogP contribution in [0.3, 0.4) is 0 Å². The topological polar surface area (TPSA) is 94.2 Å². The summed E-state index contributed by atoms with van der Waals surface area (Å²) in [6.45, 7) is 5.84. The van der Waals surface area contributed by atoms with Crippen molar-refractivity contribution < 1.29 is 27.4 Å². The predicted octanol–water partition coefficient (Wildman–Crippen LogP) is 3.78. The number of nitrogens with zero attached hydrogens (tertiary/aromatic N) is 1. The first kappa shape index (κ1) is 25.2. The van der Waals surface area contributed by atoms with Gasteiger partial charge in [0.2, 0.25) is 10.0 Å². The van der Waals surface area contributed by atoms with Crippen LogP contribution in [0.25, 0.3) is 6.08 Å². The van der Waals surface area contributed by atoms with Crippen molar-refractivity contribution in [3.8, 4) is 17.2 Å². The van der Waals surface area contributed by atoms with E-state index in [1.165, 1.54) is 36.7 Å². The Bertz CT molecular complexity index is 1060. The zero-order valence-electron chi connectivity index (χ0n) is 19.0. The van der Waals surface area contributed by atoms with Crippen molar-refractivity contribution in [2.45, 2.75) is 25.7 Å². The lowest BCUT2D eigenvalue weighted by Gasteiger charge is -2.19. The first-order valence-corrected chi connectivity index (χ1v) is 11.7. The number of benzene rings is 2. The zero-order valence-corrected chi connectivity index (χ0v) is 19.9. The van der Waals surface area contributed by atoms with Crippen molar-refractivity contribution in [2.24, 2.45) is 0 Å². The van der Waals surface area contributed by atoms with Crippen LogP contribution in [0, 0.1) is 0 Å². The molecule has 0 aliphatic carbocycles. The molecule has 0 saturated carbocycles. The van der Waals surface area contributed by atoms with E-state index < -0.39 is 15.9 Å². The number of hydrogen-bond donors (Lipinski definition) is 1. The Labute approximate surface area is 189 Å². The van der Waals surface area contributed by atoms with Crippen molar-refractivity contribution in [2.75, 3.05) is 39.2 Å². The molecule has 174 valence electrons. The Hall–Kier alpha value is -3.04. The second kappa shape index (κ2) is 11.5. The third-order valence-electron chi connectivity index (χ3n) is 4.69. The second-order valence-electron chi connectivity index (χ2n) is 6.70. The van der Waals surface area contributed by atoms with E-state index in [1.54, 1.807) is 26.0 Å². The molecule has 0 heterocycles. The summed E-state index contributed by atoms with van der Waals surface area (Å²) in [4.78, 5) is 12.6. The van der Waals surface area contributed by atoms with Gasteiger partial charge in [-0.1, -0.05) is 32.1 Å². The molecule has 0 radical (unpaired) electrons. The van der Waals surface area contributed by atoms with Crippen LogP contribution in [-0.4, -0.2) is 52.5 Å². The highest BCUT2D eigenvalue weighted by Crippen LogP contribution is 2.30. The van der Waals surface area contributed by atoms with Gasteiger partial charge in [-0.05, 0) is 42.8 Å². The molecular weight excluding hydrogens is 432 g/mol. The average molecular weight is 463 g/mol. The van der Waals surface area contributed by atoms with Gasteiger partial charge in [0.15, 0.2) is 18.1 Å². The van der Waals surface area contributed by atoms with Gasteiger partial charge in [0.05, 0.1) is 24.8 Å². The third kappa shape index (κ3) is 6.02. The molecule has 0 fully saturated rings. The SMILES string of the molecule is C/C=C/c1ccc(OCC(=O)Nc2cc(S(=O)(=O)N(CC)CC)ccc2OC)c(OC)c1. The van der Waals surface area contributed by atoms with Crippen molar-refractivity contribution >= 4 is 27.7 Å². The second-order valence-corrected chi connectivity index (χ2v) is 8.64. The lowest BCUT2D eigenvalue weighted by molar-refractivity contribution is -0.118. The molecule has 32 heavy (non-hydrogen) atoms. The van der Waals surface area contributed by atoms with E-state index in [9.17, 15) is 13.2 Å². The number of ether oxygens (including phenoxy) is 3. The molecule has 0 unspecified atom stereocenters. The summed E-state index contributed by atoms with van der Waals surface area (Å²) in [5.74, 6) is 0.782. The van der Waals surface area contributed by atoms with Gasteiger partial charge in [-0.3, -0.25) is 4.79 Å². The maximum Gasteiger partial charge on any atom is 0.262 e. The molecule has 2 aromatic rings. The van der Waals surface area contributed by atoms with Crippen LogP contribution in [0.15, 0.2) is 47.4 Å². The Balaban J connectivity index is 2.19. The normalized spacial score (nSPS) is 11.6. The highest BCUT2D eigenvalue weighted by atomic mass is 32.2. The first-order chi connectivity index (χ1) is 15.3. The summed E-state index contributed by atoms with van der Waals surface area (Å²) in [5, 5.41) is 2.66. The van der Waals surface area contributed by atoms with E-state index in [4.69, 9.17) is 14.2 Å². The number of carbonyl (C=O) groups is 1. The summed E-state index contributed by atoms with van der Waals surface area (Å²) in [6, 6.07) is 9.72. The van der Waals surface area contributed by atoms with E-state index in [0.29, 0.717) is 30.3 Å². The zero-order chi connectivity index (χ0) is 23.7. The van der Waals surface area contributed by atoms with Gasteiger partial charge in [0.25, 0.3) is 5.91 Å². The van der Waals surface area contributed by atoms with Crippen molar-refractivity contribution in [1.82, 2.24) is 4.31 Å². The number of rotatable bonds is 11. The minimum atomic E-state index is -3.68. The highest BCUT2D eigenvalue weighted by molar-refractivity contribution is 7.89. The molecule has 0 saturated heterocycles. The number of methoxy groups -OCH3 is 2. The van der Waals surface area contributed by atoms with E-state index in [-0.39, 0.29) is 17.2 Å². The summed E-state index contributed by atoms with van der Waals surface area (Å²) < 4.78 is 43.2. The molecule has 1 N–H and O–H groups in total. The fraction of sp³-hybridized carbons (Fsp3) is 0.348. The first-order valence-electron chi connectivity index (χ1n) is 10.2. The third-order valence-corrected chi connectivity index (χ3v) is 6.74. The highest BCUT2D eigenvalue weighted by Gasteiger charge is 2.23. The maximum absolute atomic E-state index is 12.8. The summed E-state index contributed by atoms with van der Waals surface area (Å²) in [6.07, 6.45) is 3.83. The largest absolute Gasteiger partial charge is 0.495 e. The number of nitrogens with one attached hydrogen (secondary N) is 1. The lowest BCUT2D eigenvalue weighted by atomic mass is 10.2. The molecule has 2 aromatic carbocycles. The molecule has 0 aliphatic rings. The number of carbonyl (C=O) groups excluding carboxylic acids is 1. The Kier molecular flexibility index (Phi) is 9.10. The predicted molar refractivity (Wildman–Crippen MR) is 125 cm³/mol. The Morgan fingerprint density at radius 1 is 1.00 bits per heavy atom. The van der Waals surface area contributed by atoms with Crippen molar-refractivity contribution in [3.05, 3.63) is 48.0 Å². The summed E-state index contributed by atoms with van der Waals surface area (Å²) in [5.41, 5.74) is 1.18. The number of anilines is 1. The minimum Gasteiger partial charge on any atom is -0.495 e. The van der Waals surface area contributed by atoms with E-state index >= 15 is 0 Å². The summed E-state index contributed by atoms with van der Waals surface area (Å²) >= 11 is 0. The van der Waals surface area contributed by atoms with Gasteiger partial charge in [0, 0.05) is 13.1 Å². The van der Waals surface area contributed by atoms with E-state index in [0.717, 1.165) is 5.56 Å². The number of hydrogen-bond acceptors (Lipinski definition) is 6. The smallest absolute Gasteiger partial charge is 0.262 e. The molecule has 0 atom stereocenters. The molecule has 9 heteroatoms. The van der Waals surface area contributed by atoms with Crippen LogP contribution >= 0.6 is 0 Å². The monoisotopic (exact) mass is 462 g/mol. The number of sulfonamides is 1. The van der Waals surface area contributed by atoms with E-state index in [1.807, 2.05) is 25.1 Å². The molecule has 0 aliphatic heterocycles. The molecule has 0 bridgehead atoms. The fourth-order valence-corrected chi connectivity index (χ4v) is 4.57. The molecule has 1 amide bonds. The maximum atomic E-state index is 12.8. The van der Waals surface area contributed by atoms with E-state index in [2.05, 4.69) is 5.32 Å². The van der Waals surface area contributed by atoms with Crippen LogP contribution in [0.5, 0.6) is 17.2 Å². The molecule has 0 spiro atoms. The quantitative estimate of drug-likeness (QED) is 0.546. The van der Waals surface area contributed by atoms with Crippen LogP contribution in [0.2, 0.25) is 0 Å². The van der Waals surface area contributed by atoms with Crippen LogP contribution in [0.1, 0.15) is 26.3 Å². The van der Waals surface area contributed by atoms with Crippen molar-refractivity contribution in [1.29, 1.82) is 0 Å².